The van der Waals surface area contributed by atoms with Crippen molar-refractivity contribution in [1.29, 1.82) is 0 Å². The first-order chi connectivity index (χ1) is 6.87. The van der Waals surface area contributed by atoms with Crippen molar-refractivity contribution in [3.63, 3.8) is 0 Å². The molecule has 1 aliphatic rings. The van der Waals surface area contributed by atoms with Crippen LogP contribution in [0.15, 0.2) is 0 Å². The van der Waals surface area contributed by atoms with Crippen molar-refractivity contribution in [2.45, 2.75) is 23.3 Å². The van der Waals surface area contributed by atoms with Crippen molar-refractivity contribution < 1.29 is 23.5 Å². The molecule has 0 aliphatic carbocycles. The number of thioether (sulfide) groups is 2. The Morgan fingerprint density at radius 2 is 1.87 bits per heavy atom. The lowest BCUT2D eigenvalue weighted by Crippen LogP contribution is -2.47. The molecule has 0 spiro atoms. The summed E-state index contributed by atoms with van der Waals surface area (Å²) < 4.78 is 25.9. The molecule has 2 atom stereocenters. The number of halogens is 2. The molecule has 1 saturated heterocycles. The molecule has 86 valence electrons. The Kier molecular flexibility index (Phi) is 3.99. The minimum Gasteiger partial charge on any atom is -0.476 e. The second-order valence-corrected chi connectivity index (χ2v) is 5.85. The van der Waals surface area contributed by atoms with Crippen LogP contribution < -0.4 is 0 Å². The largest absolute Gasteiger partial charge is 0.476 e. The minimum atomic E-state index is -4.26. The standard InChI is InChI=1S/C8H10F2O3S2/c1-4-5(15-3-2-14-4)6(11)8(9,10)7(12)13/h4-5H,2-3H2,1H3,(H,12,13). The Morgan fingerprint density at radius 1 is 1.33 bits per heavy atom. The summed E-state index contributed by atoms with van der Waals surface area (Å²) in [5, 5.41) is 7.06. The summed E-state index contributed by atoms with van der Waals surface area (Å²) in [6.07, 6.45) is 0. The quantitative estimate of drug-likeness (QED) is 0.776. The second-order valence-electron chi connectivity index (χ2n) is 3.11. The van der Waals surface area contributed by atoms with Gasteiger partial charge in [-0.25, -0.2) is 4.79 Å². The zero-order valence-corrected chi connectivity index (χ0v) is 9.54. The van der Waals surface area contributed by atoms with Crippen molar-refractivity contribution >= 4 is 35.3 Å². The van der Waals surface area contributed by atoms with E-state index in [2.05, 4.69) is 0 Å². The van der Waals surface area contributed by atoms with Crippen LogP contribution in [0.25, 0.3) is 0 Å². The van der Waals surface area contributed by atoms with Gasteiger partial charge in [0.2, 0.25) is 5.78 Å². The number of carbonyl (C=O) groups excluding carboxylic acids is 1. The number of aliphatic carboxylic acids is 1. The van der Waals surface area contributed by atoms with Crippen LogP contribution in [-0.2, 0) is 9.59 Å². The maximum absolute atomic E-state index is 12.9. The van der Waals surface area contributed by atoms with E-state index in [1.807, 2.05) is 0 Å². The van der Waals surface area contributed by atoms with Gasteiger partial charge in [-0.3, -0.25) is 4.79 Å². The monoisotopic (exact) mass is 256 g/mol. The zero-order chi connectivity index (χ0) is 11.6. The van der Waals surface area contributed by atoms with E-state index >= 15 is 0 Å². The van der Waals surface area contributed by atoms with E-state index in [0.29, 0.717) is 5.75 Å². The Bertz CT molecular complexity index is 283. The molecule has 0 aromatic heterocycles. The average molecular weight is 256 g/mol. The summed E-state index contributed by atoms with van der Waals surface area (Å²) in [4.78, 5) is 21.5. The van der Waals surface area contributed by atoms with Crippen molar-refractivity contribution in [2.75, 3.05) is 11.5 Å². The van der Waals surface area contributed by atoms with Crippen LogP contribution in [0.2, 0.25) is 0 Å². The van der Waals surface area contributed by atoms with Crippen molar-refractivity contribution in [2.24, 2.45) is 0 Å². The lowest BCUT2D eigenvalue weighted by Gasteiger charge is -2.28. The first kappa shape index (κ1) is 12.8. The molecule has 1 rings (SSSR count). The predicted molar refractivity (Wildman–Crippen MR) is 55.8 cm³/mol. The van der Waals surface area contributed by atoms with E-state index in [4.69, 9.17) is 5.11 Å². The third-order valence-electron chi connectivity index (χ3n) is 2.02. The number of hydrogen-bond donors (Lipinski definition) is 1. The second kappa shape index (κ2) is 4.69. The summed E-state index contributed by atoms with van der Waals surface area (Å²) in [6.45, 7) is 1.66. The SMILES string of the molecule is CC1SCCSC1C(=O)C(F)(F)C(=O)O. The molecule has 0 aromatic carbocycles. The first-order valence-corrected chi connectivity index (χ1v) is 6.36. The Morgan fingerprint density at radius 3 is 2.33 bits per heavy atom. The lowest BCUT2D eigenvalue weighted by atomic mass is 10.1. The van der Waals surface area contributed by atoms with Gasteiger partial charge in [-0.15, -0.1) is 11.8 Å². The van der Waals surface area contributed by atoms with Crippen molar-refractivity contribution in [3.05, 3.63) is 0 Å². The number of Topliss-reactive ketones (excluding diaryl/α,β-unsaturated/α-hetero) is 1. The molecule has 1 heterocycles. The number of hydrogen-bond acceptors (Lipinski definition) is 4. The topological polar surface area (TPSA) is 54.4 Å². The molecule has 0 aromatic rings. The van der Waals surface area contributed by atoms with Crippen LogP contribution in [0.4, 0.5) is 8.78 Å². The summed E-state index contributed by atoms with van der Waals surface area (Å²) in [6, 6.07) is 0. The normalized spacial score (nSPS) is 27.4. The van der Waals surface area contributed by atoms with Crippen LogP contribution in [0.5, 0.6) is 0 Å². The zero-order valence-electron chi connectivity index (χ0n) is 7.91. The third-order valence-corrected chi connectivity index (χ3v) is 5.11. The summed E-state index contributed by atoms with van der Waals surface area (Å²) in [7, 11) is 0. The van der Waals surface area contributed by atoms with Gasteiger partial charge in [-0.1, -0.05) is 6.92 Å². The number of carboxylic acid groups (broad SMARTS) is 1. The number of rotatable bonds is 3. The highest BCUT2D eigenvalue weighted by molar-refractivity contribution is 8.07. The van der Waals surface area contributed by atoms with Gasteiger partial charge < -0.3 is 5.11 Å². The highest BCUT2D eigenvalue weighted by Crippen LogP contribution is 2.35. The van der Waals surface area contributed by atoms with E-state index in [1.165, 1.54) is 11.8 Å². The van der Waals surface area contributed by atoms with Gasteiger partial charge in [0, 0.05) is 16.8 Å². The highest BCUT2D eigenvalue weighted by Gasteiger charge is 2.52. The molecule has 2 unspecified atom stereocenters. The fourth-order valence-corrected chi connectivity index (χ4v) is 3.94. The van der Waals surface area contributed by atoms with E-state index in [1.54, 1.807) is 6.92 Å². The van der Waals surface area contributed by atoms with Gasteiger partial charge in [0.25, 0.3) is 0 Å². The maximum Gasteiger partial charge on any atom is 0.400 e. The van der Waals surface area contributed by atoms with Crippen molar-refractivity contribution in [3.8, 4) is 0 Å². The van der Waals surface area contributed by atoms with Gasteiger partial charge >= 0.3 is 11.9 Å². The highest BCUT2D eigenvalue weighted by atomic mass is 32.2. The van der Waals surface area contributed by atoms with Crippen LogP contribution in [0.3, 0.4) is 0 Å². The van der Waals surface area contributed by atoms with Crippen molar-refractivity contribution in [1.82, 2.24) is 0 Å². The van der Waals surface area contributed by atoms with Gasteiger partial charge in [-0.05, 0) is 0 Å². The molecule has 0 saturated carbocycles. The molecule has 1 fully saturated rings. The van der Waals surface area contributed by atoms with Gasteiger partial charge in [-0.2, -0.15) is 20.5 Å². The van der Waals surface area contributed by atoms with Crippen LogP contribution in [0.1, 0.15) is 6.92 Å². The number of carbonyl (C=O) groups is 2. The molecular weight excluding hydrogens is 246 g/mol. The van der Waals surface area contributed by atoms with E-state index in [0.717, 1.165) is 17.5 Å². The number of ketones is 1. The fourth-order valence-electron chi connectivity index (χ4n) is 1.20. The van der Waals surface area contributed by atoms with Gasteiger partial charge in [0.05, 0.1) is 5.25 Å². The molecule has 7 heteroatoms. The van der Waals surface area contributed by atoms with E-state index in [-0.39, 0.29) is 5.25 Å². The predicted octanol–water partition coefficient (Wildman–Crippen LogP) is 1.51. The Balaban J connectivity index is 2.78. The van der Waals surface area contributed by atoms with Crippen LogP contribution >= 0.6 is 23.5 Å². The molecular formula is C8H10F2O3S2. The summed E-state index contributed by atoms with van der Waals surface area (Å²) in [5.74, 6) is -6.71. The summed E-state index contributed by atoms with van der Waals surface area (Å²) in [5.41, 5.74) is 0. The minimum absolute atomic E-state index is 0.263. The molecule has 0 bridgehead atoms. The Labute approximate surface area is 94.0 Å². The van der Waals surface area contributed by atoms with Crippen LogP contribution in [0, 0.1) is 0 Å². The average Bonchev–Trinajstić information content (AvgIpc) is 2.17. The van der Waals surface area contributed by atoms with E-state index < -0.39 is 22.9 Å². The van der Waals surface area contributed by atoms with E-state index in [9.17, 15) is 18.4 Å². The molecule has 3 nitrogen and oxygen atoms in total. The number of carboxylic acids is 1. The first-order valence-electron chi connectivity index (χ1n) is 4.26. The molecule has 1 N–H and O–H groups in total. The molecule has 0 radical (unpaired) electrons. The third kappa shape index (κ3) is 2.63. The van der Waals surface area contributed by atoms with Gasteiger partial charge in [0.15, 0.2) is 0 Å². The summed E-state index contributed by atoms with van der Waals surface area (Å²) >= 11 is 2.52. The smallest absolute Gasteiger partial charge is 0.400 e. The number of alkyl halides is 2. The lowest BCUT2D eigenvalue weighted by molar-refractivity contribution is -0.171. The molecule has 1 aliphatic heterocycles. The molecule has 0 amide bonds. The Hall–Kier alpha value is -0.300. The fraction of sp³-hybridized carbons (Fsp3) is 0.750. The maximum atomic E-state index is 12.9. The molecule has 15 heavy (non-hydrogen) atoms. The van der Waals surface area contributed by atoms with Crippen LogP contribution in [-0.4, -0.2) is 44.8 Å². The van der Waals surface area contributed by atoms with Gasteiger partial charge in [0.1, 0.15) is 0 Å².